The third-order valence-electron chi connectivity index (χ3n) is 12.5. The number of carbonyl (C=O) groups excluding carboxylic acids is 2. The second kappa shape index (κ2) is 20.4. The van der Waals surface area contributed by atoms with Crippen molar-refractivity contribution in [2.24, 2.45) is 5.41 Å². The van der Waals surface area contributed by atoms with Crippen LogP contribution in [0.2, 0.25) is 0 Å². The fraction of sp³-hybridized carbons (Fsp3) is 0.333. The summed E-state index contributed by atoms with van der Waals surface area (Å²) in [5.41, 5.74) is 7.13. The number of rotatable bonds is 12. The Bertz CT molecular complexity index is 2360. The summed E-state index contributed by atoms with van der Waals surface area (Å²) in [4.78, 5) is 23.9. The molecule has 0 unspecified atom stereocenters. The molecule has 7 rings (SSSR count). The molecule has 334 valence electrons. The lowest BCUT2D eigenvalue weighted by molar-refractivity contribution is -0.131. The first kappa shape index (κ1) is 47.1. The number of ether oxygens (including phenoxy) is 5. The number of methoxy groups -OCH3 is 2. The maximum atomic E-state index is 12.6. The summed E-state index contributed by atoms with van der Waals surface area (Å²) in [6.45, 7) is 14.9. The van der Waals surface area contributed by atoms with E-state index in [2.05, 4.69) is 102 Å². The molecule has 0 radical (unpaired) electrons. The summed E-state index contributed by atoms with van der Waals surface area (Å²) in [5, 5.41) is 0. The second-order valence-corrected chi connectivity index (χ2v) is 18.8. The molecule has 0 amide bonds. The van der Waals surface area contributed by atoms with Crippen molar-refractivity contribution in [3.63, 3.8) is 0 Å². The predicted octanol–water partition coefficient (Wildman–Crippen LogP) is 14.2. The number of hydrogen-bond acceptors (Lipinski definition) is 7. The maximum absolute atomic E-state index is 12.6. The average Bonchev–Trinajstić information content (AvgIpc) is 3.29. The lowest BCUT2D eigenvalue weighted by Gasteiger charge is -2.38. The van der Waals surface area contributed by atoms with Crippen LogP contribution in [0, 0.1) is 5.41 Å². The van der Waals surface area contributed by atoms with Gasteiger partial charge in [-0.05, 0) is 131 Å². The highest BCUT2D eigenvalue weighted by molar-refractivity contribution is 5.69. The van der Waals surface area contributed by atoms with E-state index in [0.717, 1.165) is 43.6 Å². The molecule has 6 aromatic rings. The monoisotopic (exact) mass is 860 g/mol. The Balaban J connectivity index is 0.000000241. The minimum atomic E-state index is -0.761. The molecule has 7 heteroatoms. The van der Waals surface area contributed by atoms with Gasteiger partial charge < -0.3 is 23.7 Å². The summed E-state index contributed by atoms with van der Waals surface area (Å²) in [6, 6.07) is 50.4. The third kappa shape index (κ3) is 11.6. The Hall–Kier alpha value is -6.34. The van der Waals surface area contributed by atoms with Crippen LogP contribution in [-0.4, -0.2) is 26.3 Å². The van der Waals surface area contributed by atoms with E-state index in [1.54, 1.807) is 14.2 Å². The third-order valence-corrected chi connectivity index (χ3v) is 12.5. The van der Waals surface area contributed by atoms with Crippen LogP contribution in [-0.2, 0) is 21.0 Å². The van der Waals surface area contributed by atoms with Crippen molar-refractivity contribution in [3.8, 4) is 28.7 Å². The van der Waals surface area contributed by atoms with Gasteiger partial charge in [0.25, 0.3) is 0 Å². The lowest BCUT2D eigenvalue weighted by atomic mass is 9.65. The number of esters is 1. The molecule has 0 spiro atoms. The fourth-order valence-electron chi connectivity index (χ4n) is 9.48. The van der Waals surface area contributed by atoms with Gasteiger partial charge in [0.1, 0.15) is 28.7 Å². The summed E-state index contributed by atoms with van der Waals surface area (Å²) < 4.78 is 26.8. The van der Waals surface area contributed by atoms with Crippen LogP contribution in [0.1, 0.15) is 120 Å². The molecular weight excluding hydrogens is 797 g/mol. The van der Waals surface area contributed by atoms with Crippen molar-refractivity contribution in [1.82, 2.24) is 0 Å². The van der Waals surface area contributed by atoms with Crippen LogP contribution in [0.4, 0.5) is 4.79 Å². The quantitative estimate of drug-likeness (QED) is 0.0525. The topological polar surface area (TPSA) is 80.3 Å². The van der Waals surface area contributed by atoms with Crippen LogP contribution < -0.4 is 23.7 Å². The van der Waals surface area contributed by atoms with Crippen molar-refractivity contribution in [2.45, 2.75) is 103 Å². The van der Waals surface area contributed by atoms with Gasteiger partial charge in [0.15, 0.2) is 0 Å². The van der Waals surface area contributed by atoms with Gasteiger partial charge in [0.05, 0.1) is 14.2 Å². The molecule has 0 bridgehead atoms. The molecule has 64 heavy (non-hydrogen) atoms. The predicted molar refractivity (Wildman–Crippen MR) is 256 cm³/mol. The molecule has 0 aliphatic heterocycles. The van der Waals surface area contributed by atoms with E-state index in [4.69, 9.17) is 23.7 Å². The minimum absolute atomic E-state index is 0.0130. The molecular formula is C57H64O7. The molecule has 0 N–H and O–H groups in total. The highest BCUT2D eigenvalue weighted by Crippen LogP contribution is 2.46. The lowest BCUT2D eigenvalue weighted by Crippen LogP contribution is -2.30. The summed E-state index contributed by atoms with van der Waals surface area (Å²) in [7, 11) is 3.38. The number of benzene rings is 6. The van der Waals surface area contributed by atoms with Gasteiger partial charge in [-0.2, -0.15) is 0 Å². The first-order valence-electron chi connectivity index (χ1n) is 22.3. The van der Waals surface area contributed by atoms with E-state index in [1.165, 1.54) is 46.7 Å². The van der Waals surface area contributed by atoms with Crippen LogP contribution in [0.15, 0.2) is 152 Å². The van der Waals surface area contributed by atoms with Crippen LogP contribution >= 0.6 is 0 Å². The van der Waals surface area contributed by atoms with E-state index < -0.39 is 6.16 Å². The summed E-state index contributed by atoms with van der Waals surface area (Å²) in [6.07, 6.45) is 5.84. The number of carbonyl (C=O) groups is 2. The van der Waals surface area contributed by atoms with Gasteiger partial charge in [-0.25, -0.2) is 4.79 Å². The zero-order valence-corrected chi connectivity index (χ0v) is 39.0. The number of hydrogen-bond donors (Lipinski definition) is 0. The zero-order valence-electron chi connectivity index (χ0n) is 39.0. The maximum Gasteiger partial charge on any atom is 0.519 e. The molecule has 7 nitrogen and oxygen atoms in total. The molecule has 0 heterocycles. The van der Waals surface area contributed by atoms with Gasteiger partial charge in [-0.1, -0.05) is 145 Å². The molecule has 0 atom stereocenters. The summed E-state index contributed by atoms with van der Waals surface area (Å²) in [5.74, 6) is 2.84. The first-order chi connectivity index (χ1) is 30.5. The van der Waals surface area contributed by atoms with Crippen molar-refractivity contribution in [1.29, 1.82) is 0 Å². The highest BCUT2D eigenvalue weighted by Gasteiger charge is 2.36. The SMILES string of the molecule is CC(=O)Oc1ccc(C2(c3ccc(OC(=O)Oc4ccc(C(C)(C)CC(C)(C)C)cc4)cc3)CCCCC2)cc1.COc1ccc(C(C)(c2ccccc2)c2ccc(OC)cc2)cc1. The van der Waals surface area contributed by atoms with E-state index in [1.807, 2.05) is 91.0 Å². The molecule has 1 aliphatic carbocycles. The normalized spacial score (nSPS) is 13.7. The van der Waals surface area contributed by atoms with Crippen LogP contribution in [0.3, 0.4) is 0 Å². The first-order valence-corrected chi connectivity index (χ1v) is 22.3. The zero-order chi connectivity index (χ0) is 46.0. The molecule has 1 saturated carbocycles. The minimum Gasteiger partial charge on any atom is -0.497 e. The Morgan fingerprint density at radius 2 is 0.844 bits per heavy atom. The van der Waals surface area contributed by atoms with E-state index in [0.29, 0.717) is 17.2 Å². The standard InChI is InChI=1S/C35H42O5.C22H22O2/c1-25(36)38-29-18-12-27(13-19-29)35(22-8-7-9-23-35)28-14-20-31(21-15-28)40-32(37)39-30-16-10-26(11-17-30)34(5,6)24-33(2,3)4;1-22(17-7-5-4-6-8-17,18-9-13-20(23-2)14-10-18)19-11-15-21(24-3)16-12-19/h10-21H,7-9,22-24H2,1-6H3;4-16H,1-3H3. The molecule has 0 saturated heterocycles. The Morgan fingerprint density at radius 3 is 1.25 bits per heavy atom. The highest BCUT2D eigenvalue weighted by atomic mass is 16.7. The molecule has 0 aromatic heterocycles. The largest absolute Gasteiger partial charge is 0.519 e. The Morgan fingerprint density at radius 1 is 0.469 bits per heavy atom. The van der Waals surface area contributed by atoms with Gasteiger partial charge in [0.2, 0.25) is 0 Å². The Kier molecular flexibility index (Phi) is 15.1. The van der Waals surface area contributed by atoms with E-state index in [-0.39, 0.29) is 27.6 Å². The second-order valence-electron chi connectivity index (χ2n) is 18.8. The summed E-state index contributed by atoms with van der Waals surface area (Å²) >= 11 is 0. The van der Waals surface area contributed by atoms with Gasteiger partial charge >= 0.3 is 12.1 Å². The van der Waals surface area contributed by atoms with Gasteiger partial charge in [-0.15, -0.1) is 0 Å². The molecule has 1 fully saturated rings. The Labute approximate surface area is 380 Å². The van der Waals surface area contributed by atoms with Crippen molar-refractivity contribution >= 4 is 12.1 Å². The van der Waals surface area contributed by atoms with Crippen LogP contribution in [0.25, 0.3) is 0 Å². The van der Waals surface area contributed by atoms with Crippen molar-refractivity contribution in [3.05, 3.63) is 185 Å². The van der Waals surface area contributed by atoms with Gasteiger partial charge in [0, 0.05) is 17.8 Å². The van der Waals surface area contributed by atoms with Crippen molar-refractivity contribution in [2.75, 3.05) is 14.2 Å². The van der Waals surface area contributed by atoms with E-state index in [9.17, 15) is 9.59 Å². The van der Waals surface area contributed by atoms with Crippen molar-refractivity contribution < 1.29 is 33.3 Å². The fourth-order valence-corrected chi connectivity index (χ4v) is 9.48. The molecule has 6 aromatic carbocycles. The smallest absolute Gasteiger partial charge is 0.497 e. The van der Waals surface area contributed by atoms with Gasteiger partial charge in [-0.3, -0.25) is 4.79 Å². The molecule has 1 aliphatic rings. The average molecular weight is 861 g/mol. The van der Waals surface area contributed by atoms with E-state index >= 15 is 0 Å². The van der Waals surface area contributed by atoms with Crippen LogP contribution in [0.5, 0.6) is 28.7 Å².